The number of carbonyl (C=O) groups is 1. The predicted molar refractivity (Wildman–Crippen MR) is 118 cm³/mol. The molecule has 3 aromatic carbocycles. The lowest BCUT2D eigenvalue weighted by Crippen LogP contribution is -2.19. The SMILES string of the molecule is COc1ccc(NS(=O)(=O)c2cccc(C(=O)N/N=C/c3ccccc3[N+](=O)[O-])c2)cc1. The van der Waals surface area contributed by atoms with E-state index in [2.05, 4.69) is 15.2 Å². The Morgan fingerprint density at radius 3 is 2.47 bits per heavy atom. The fraction of sp³-hybridized carbons (Fsp3) is 0.0476. The molecule has 0 bridgehead atoms. The number of benzene rings is 3. The minimum atomic E-state index is -3.95. The number of hydrogen-bond acceptors (Lipinski definition) is 7. The van der Waals surface area contributed by atoms with E-state index >= 15 is 0 Å². The maximum Gasteiger partial charge on any atom is 0.278 e. The third-order valence-corrected chi connectivity index (χ3v) is 5.63. The second kappa shape index (κ2) is 9.71. The van der Waals surface area contributed by atoms with E-state index in [1.165, 1.54) is 49.6 Å². The van der Waals surface area contributed by atoms with Gasteiger partial charge >= 0.3 is 0 Å². The molecule has 3 aromatic rings. The van der Waals surface area contributed by atoms with Crippen LogP contribution in [0.25, 0.3) is 0 Å². The summed E-state index contributed by atoms with van der Waals surface area (Å²) < 4.78 is 32.8. The molecular formula is C21H18N4O6S. The van der Waals surface area contributed by atoms with Crippen LogP contribution in [0.2, 0.25) is 0 Å². The van der Waals surface area contributed by atoms with Crippen molar-refractivity contribution in [3.8, 4) is 5.75 Å². The van der Waals surface area contributed by atoms with Gasteiger partial charge in [0.05, 0.1) is 28.7 Å². The average Bonchev–Trinajstić information content (AvgIpc) is 2.79. The Kier molecular flexibility index (Phi) is 6.80. The van der Waals surface area contributed by atoms with E-state index in [1.807, 2.05) is 0 Å². The number of carbonyl (C=O) groups excluding carboxylic acids is 1. The zero-order valence-electron chi connectivity index (χ0n) is 16.8. The van der Waals surface area contributed by atoms with Gasteiger partial charge in [0.25, 0.3) is 21.6 Å². The smallest absolute Gasteiger partial charge is 0.278 e. The van der Waals surface area contributed by atoms with Crippen LogP contribution in [-0.4, -0.2) is 32.6 Å². The molecule has 3 rings (SSSR count). The van der Waals surface area contributed by atoms with Crippen molar-refractivity contribution in [1.29, 1.82) is 0 Å². The van der Waals surface area contributed by atoms with E-state index in [0.717, 1.165) is 6.21 Å². The summed E-state index contributed by atoms with van der Waals surface area (Å²) >= 11 is 0. The van der Waals surface area contributed by atoms with E-state index in [4.69, 9.17) is 4.74 Å². The first-order chi connectivity index (χ1) is 15.3. The first-order valence-electron chi connectivity index (χ1n) is 9.14. The van der Waals surface area contributed by atoms with Crippen LogP contribution in [0.5, 0.6) is 5.75 Å². The number of hydrogen-bond donors (Lipinski definition) is 2. The van der Waals surface area contributed by atoms with Crippen LogP contribution in [0.4, 0.5) is 11.4 Å². The molecule has 0 unspecified atom stereocenters. The molecule has 1 amide bonds. The summed E-state index contributed by atoms with van der Waals surface area (Å²) in [4.78, 5) is 22.7. The van der Waals surface area contributed by atoms with Crippen molar-refractivity contribution in [2.24, 2.45) is 5.10 Å². The second-order valence-electron chi connectivity index (χ2n) is 6.38. The van der Waals surface area contributed by atoms with Crippen LogP contribution in [0.1, 0.15) is 15.9 Å². The minimum absolute atomic E-state index is 0.0438. The molecule has 11 heteroatoms. The molecule has 0 saturated heterocycles. The van der Waals surface area contributed by atoms with Crippen molar-refractivity contribution in [2.75, 3.05) is 11.8 Å². The Labute approximate surface area is 183 Å². The molecule has 0 atom stereocenters. The lowest BCUT2D eigenvalue weighted by Gasteiger charge is -2.09. The summed E-state index contributed by atoms with van der Waals surface area (Å²) in [6, 6.07) is 17.6. The quantitative estimate of drug-likeness (QED) is 0.304. The number of nitro groups is 1. The molecule has 0 radical (unpaired) electrons. The van der Waals surface area contributed by atoms with Gasteiger partial charge in [0, 0.05) is 17.3 Å². The van der Waals surface area contributed by atoms with Gasteiger partial charge in [-0.2, -0.15) is 5.10 Å². The first-order valence-corrected chi connectivity index (χ1v) is 10.6. The molecule has 0 spiro atoms. The molecule has 0 aliphatic rings. The number of para-hydroxylation sites is 1. The Balaban J connectivity index is 1.73. The van der Waals surface area contributed by atoms with E-state index in [1.54, 1.807) is 30.3 Å². The largest absolute Gasteiger partial charge is 0.497 e. The van der Waals surface area contributed by atoms with Gasteiger partial charge in [-0.05, 0) is 48.5 Å². The lowest BCUT2D eigenvalue weighted by molar-refractivity contribution is -0.385. The Morgan fingerprint density at radius 2 is 1.78 bits per heavy atom. The van der Waals surface area contributed by atoms with Crippen LogP contribution in [0.15, 0.2) is 82.8 Å². The van der Waals surface area contributed by atoms with Crippen molar-refractivity contribution in [1.82, 2.24) is 5.43 Å². The van der Waals surface area contributed by atoms with Gasteiger partial charge in [0.2, 0.25) is 0 Å². The second-order valence-corrected chi connectivity index (χ2v) is 8.06. The highest BCUT2D eigenvalue weighted by Crippen LogP contribution is 2.20. The monoisotopic (exact) mass is 454 g/mol. The number of anilines is 1. The van der Waals surface area contributed by atoms with Crippen molar-refractivity contribution in [3.63, 3.8) is 0 Å². The number of rotatable bonds is 8. The van der Waals surface area contributed by atoms with Crippen molar-refractivity contribution in [3.05, 3.63) is 94.0 Å². The van der Waals surface area contributed by atoms with Gasteiger partial charge < -0.3 is 4.74 Å². The molecule has 2 N–H and O–H groups in total. The number of sulfonamides is 1. The molecule has 0 saturated carbocycles. The van der Waals surface area contributed by atoms with E-state index in [0.29, 0.717) is 11.4 Å². The summed E-state index contributed by atoms with van der Waals surface area (Å²) in [6.07, 6.45) is 1.14. The molecule has 0 aliphatic carbocycles. The first kappa shape index (κ1) is 22.4. The van der Waals surface area contributed by atoms with E-state index in [-0.39, 0.29) is 21.7 Å². The van der Waals surface area contributed by atoms with Crippen LogP contribution in [0, 0.1) is 10.1 Å². The van der Waals surface area contributed by atoms with Gasteiger partial charge in [-0.15, -0.1) is 0 Å². The highest BCUT2D eigenvalue weighted by atomic mass is 32.2. The highest BCUT2D eigenvalue weighted by Gasteiger charge is 2.17. The fourth-order valence-electron chi connectivity index (χ4n) is 2.67. The van der Waals surface area contributed by atoms with Crippen LogP contribution in [0.3, 0.4) is 0 Å². The van der Waals surface area contributed by atoms with Crippen LogP contribution in [-0.2, 0) is 10.0 Å². The average molecular weight is 454 g/mol. The number of ether oxygens (including phenoxy) is 1. The van der Waals surface area contributed by atoms with Crippen LogP contribution >= 0.6 is 0 Å². The Bertz CT molecular complexity index is 1270. The number of nitrogens with zero attached hydrogens (tertiary/aromatic N) is 2. The van der Waals surface area contributed by atoms with E-state index in [9.17, 15) is 23.3 Å². The topological polar surface area (TPSA) is 140 Å². The van der Waals surface area contributed by atoms with Gasteiger partial charge in [-0.1, -0.05) is 18.2 Å². The number of nitrogens with one attached hydrogen (secondary N) is 2. The number of hydrazone groups is 1. The predicted octanol–water partition coefficient (Wildman–Crippen LogP) is 3.17. The normalized spacial score (nSPS) is 11.2. The molecular weight excluding hydrogens is 436 g/mol. The summed E-state index contributed by atoms with van der Waals surface area (Å²) in [7, 11) is -2.45. The van der Waals surface area contributed by atoms with Gasteiger partial charge in [-0.3, -0.25) is 19.6 Å². The Morgan fingerprint density at radius 1 is 1.06 bits per heavy atom. The Hall–Kier alpha value is -4.25. The molecule has 10 nitrogen and oxygen atoms in total. The van der Waals surface area contributed by atoms with Crippen LogP contribution < -0.4 is 14.9 Å². The third-order valence-electron chi connectivity index (χ3n) is 4.25. The maximum absolute atomic E-state index is 12.7. The fourth-order valence-corrected chi connectivity index (χ4v) is 3.77. The number of methoxy groups -OCH3 is 1. The zero-order valence-corrected chi connectivity index (χ0v) is 17.6. The molecule has 0 fully saturated rings. The standard InChI is InChI=1S/C21H18N4O6S/c1-31-18-11-9-17(10-12-18)24-32(29,30)19-7-4-6-15(13-19)21(26)23-22-14-16-5-2-3-8-20(16)25(27)28/h2-14,24H,1H3,(H,23,26)/b22-14+. The number of nitro benzene ring substituents is 1. The van der Waals surface area contributed by atoms with Gasteiger partial charge in [0.1, 0.15) is 5.75 Å². The number of amides is 1. The summed E-state index contributed by atoms with van der Waals surface area (Å²) in [5, 5.41) is 14.8. The molecule has 0 heterocycles. The van der Waals surface area contributed by atoms with Crippen molar-refractivity contribution in [2.45, 2.75) is 4.90 Å². The van der Waals surface area contributed by atoms with Crippen molar-refractivity contribution >= 4 is 33.5 Å². The minimum Gasteiger partial charge on any atom is -0.497 e. The summed E-state index contributed by atoms with van der Waals surface area (Å²) in [5.41, 5.74) is 2.65. The van der Waals surface area contributed by atoms with E-state index < -0.39 is 20.9 Å². The highest BCUT2D eigenvalue weighted by molar-refractivity contribution is 7.92. The lowest BCUT2D eigenvalue weighted by atomic mass is 10.2. The van der Waals surface area contributed by atoms with Gasteiger partial charge in [0.15, 0.2) is 0 Å². The molecule has 32 heavy (non-hydrogen) atoms. The molecule has 0 aliphatic heterocycles. The molecule has 164 valence electrons. The zero-order chi connectivity index (χ0) is 23.1. The van der Waals surface area contributed by atoms with Gasteiger partial charge in [-0.25, -0.2) is 13.8 Å². The maximum atomic E-state index is 12.7. The summed E-state index contributed by atoms with van der Waals surface area (Å²) in [6.45, 7) is 0. The summed E-state index contributed by atoms with van der Waals surface area (Å²) in [5.74, 6) is -0.102. The molecule has 0 aromatic heterocycles. The van der Waals surface area contributed by atoms with Crippen molar-refractivity contribution < 1.29 is 22.9 Å². The third kappa shape index (κ3) is 5.46.